The average Bonchev–Trinajstić information content (AvgIpc) is 2.81. The molecule has 1 aromatic rings. The van der Waals surface area contributed by atoms with Crippen LogP contribution in [-0.4, -0.2) is 29.1 Å². The summed E-state index contributed by atoms with van der Waals surface area (Å²) in [6.45, 7) is 2.34. The van der Waals surface area contributed by atoms with Gasteiger partial charge in [-0.05, 0) is 26.2 Å². The van der Waals surface area contributed by atoms with E-state index in [1.165, 1.54) is 31.4 Å². The molecule has 114 valence electrons. The summed E-state index contributed by atoms with van der Waals surface area (Å²) in [6.07, 6.45) is 6.79. The van der Waals surface area contributed by atoms with Crippen LogP contribution in [0.4, 0.5) is 0 Å². The van der Waals surface area contributed by atoms with E-state index in [-0.39, 0.29) is 23.0 Å². The molecular weight excluding hydrogens is 268 g/mol. The van der Waals surface area contributed by atoms with E-state index in [4.69, 9.17) is 4.74 Å². The first kappa shape index (κ1) is 14.3. The number of hydrogen-bond donors (Lipinski definition) is 2. The number of nitrogens with one attached hydrogen (secondary N) is 2. The maximum Gasteiger partial charge on any atom is 0.268 e. The zero-order valence-corrected chi connectivity index (χ0v) is 12.4. The number of amides is 1. The predicted octanol–water partition coefficient (Wildman–Crippen LogP) is 1.90. The first-order valence-corrected chi connectivity index (χ1v) is 7.72. The summed E-state index contributed by atoms with van der Waals surface area (Å²) in [5, 5.41) is 2.99. The standard InChI is InChI=1S/C16H22N2O3/c1-11-7-13(19)8-14(17-11)15(20)18-12-9-16(21-10-12)5-3-2-4-6-16/h7-8,12H,2-6,9-10H2,1H3,(H,17,19)(H,18,20). The van der Waals surface area contributed by atoms with E-state index in [2.05, 4.69) is 10.3 Å². The van der Waals surface area contributed by atoms with E-state index in [9.17, 15) is 9.59 Å². The molecule has 2 fully saturated rings. The van der Waals surface area contributed by atoms with Gasteiger partial charge in [-0.25, -0.2) is 0 Å². The molecule has 1 saturated heterocycles. The molecule has 5 heteroatoms. The van der Waals surface area contributed by atoms with Crippen LogP contribution in [0.5, 0.6) is 0 Å². The van der Waals surface area contributed by atoms with Crippen molar-refractivity contribution in [2.45, 2.75) is 57.1 Å². The van der Waals surface area contributed by atoms with E-state index < -0.39 is 0 Å². The number of H-pyrrole nitrogens is 1. The lowest BCUT2D eigenvalue weighted by molar-refractivity contribution is -0.0246. The van der Waals surface area contributed by atoms with Crippen molar-refractivity contribution in [2.24, 2.45) is 0 Å². The Balaban J connectivity index is 1.64. The number of aryl methyl sites for hydroxylation is 1. The minimum atomic E-state index is -0.225. The summed E-state index contributed by atoms with van der Waals surface area (Å²) in [6, 6.07) is 2.86. The van der Waals surface area contributed by atoms with Gasteiger partial charge in [0.2, 0.25) is 0 Å². The topological polar surface area (TPSA) is 71.2 Å². The van der Waals surface area contributed by atoms with Crippen LogP contribution in [0.3, 0.4) is 0 Å². The average molecular weight is 290 g/mol. The molecule has 1 spiro atoms. The Kier molecular flexibility index (Phi) is 3.85. The van der Waals surface area contributed by atoms with Crippen LogP contribution in [0, 0.1) is 6.92 Å². The lowest BCUT2D eigenvalue weighted by Crippen LogP contribution is -2.38. The maximum absolute atomic E-state index is 12.2. The van der Waals surface area contributed by atoms with Gasteiger partial charge in [-0.3, -0.25) is 9.59 Å². The van der Waals surface area contributed by atoms with Gasteiger partial charge in [0.1, 0.15) is 5.69 Å². The zero-order valence-electron chi connectivity index (χ0n) is 12.4. The molecule has 0 radical (unpaired) electrons. The Morgan fingerprint density at radius 3 is 2.81 bits per heavy atom. The van der Waals surface area contributed by atoms with Gasteiger partial charge in [-0.1, -0.05) is 19.3 Å². The second kappa shape index (κ2) is 5.64. The molecule has 2 heterocycles. The van der Waals surface area contributed by atoms with Crippen molar-refractivity contribution in [3.63, 3.8) is 0 Å². The first-order valence-electron chi connectivity index (χ1n) is 7.72. The quantitative estimate of drug-likeness (QED) is 0.874. The highest BCUT2D eigenvalue weighted by molar-refractivity contribution is 5.92. The molecule has 1 amide bonds. The van der Waals surface area contributed by atoms with Gasteiger partial charge in [0.05, 0.1) is 18.2 Å². The van der Waals surface area contributed by atoms with E-state index in [0.717, 1.165) is 19.3 Å². The number of aromatic nitrogens is 1. The Morgan fingerprint density at radius 2 is 2.10 bits per heavy atom. The Hall–Kier alpha value is -1.62. The Morgan fingerprint density at radius 1 is 1.33 bits per heavy atom. The molecule has 1 aromatic heterocycles. The molecule has 1 aliphatic heterocycles. The van der Waals surface area contributed by atoms with Gasteiger partial charge in [-0.15, -0.1) is 0 Å². The summed E-state index contributed by atoms with van der Waals surface area (Å²) < 4.78 is 5.99. The maximum atomic E-state index is 12.2. The van der Waals surface area contributed by atoms with E-state index in [1.54, 1.807) is 6.92 Å². The number of aromatic amines is 1. The minimum absolute atomic E-state index is 0.0176. The van der Waals surface area contributed by atoms with E-state index in [0.29, 0.717) is 18.0 Å². The SMILES string of the molecule is Cc1cc(=O)cc(C(=O)NC2COC3(CCCCC3)C2)[nH]1. The molecule has 1 atom stereocenters. The number of hydrogen-bond acceptors (Lipinski definition) is 3. The van der Waals surface area contributed by atoms with Gasteiger partial charge in [-0.2, -0.15) is 0 Å². The Bertz CT molecular complexity index is 587. The Labute approximate surface area is 124 Å². The van der Waals surface area contributed by atoms with Gasteiger partial charge < -0.3 is 15.0 Å². The number of carbonyl (C=O) groups excluding carboxylic acids is 1. The predicted molar refractivity (Wildman–Crippen MR) is 79.4 cm³/mol. The molecule has 3 rings (SSSR count). The van der Waals surface area contributed by atoms with Gasteiger partial charge in [0.25, 0.3) is 5.91 Å². The normalized spacial score (nSPS) is 24.1. The smallest absolute Gasteiger partial charge is 0.268 e. The lowest BCUT2D eigenvalue weighted by atomic mass is 9.82. The van der Waals surface area contributed by atoms with E-state index in [1.807, 2.05) is 0 Å². The highest BCUT2D eigenvalue weighted by atomic mass is 16.5. The van der Waals surface area contributed by atoms with Crippen molar-refractivity contribution < 1.29 is 9.53 Å². The van der Waals surface area contributed by atoms with Gasteiger partial charge in [0, 0.05) is 17.8 Å². The van der Waals surface area contributed by atoms with Crippen LogP contribution >= 0.6 is 0 Å². The molecule has 1 unspecified atom stereocenters. The zero-order chi connectivity index (χ0) is 14.9. The fourth-order valence-corrected chi connectivity index (χ4v) is 3.55. The second-order valence-electron chi connectivity index (χ2n) is 6.34. The van der Waals surface area contributed by atoms with Crippen LogP contribution in [0.15, 0.2) is 16.9 Å². The fraction of sp³-hybridized carbons (Fsp3) is 0.625. The van der Waals surface area contributed by atoms with Crippen LogP contribution in [0.2, 0.25) is 0 Å². The number of ether oxygens (including phenoxy) is 1. The number of pyridine rings is 1. The molecule has 5 nitrogen and oxygen atoms in total. The second-order valence-corrected chi connectivity index (χ2v) is 6.34. The monoisotopic (exact) mass is 290 g/mol. The fourth-order valence-electron chi connectivity index (χ4n) is 3.55. The molecule has 0 aromatic carbocycles. The van der Waals surface area contributed by atoms with Crippen molar-refractivity contribution in [3.05, 3.63) is 33.7 Å². The highest BCUT2D eigenvalue weighted by Crippen LogP contribution is 2.39. The molecule has 0 bridgehead atoms. The first-order chi connectivity index (χ1) is 10.1. The molecular formula is C16H22N2O3. The molecule has 1 saturated carbocycles. The van der Waals surface area contributed by atoms with Crippen molar-refractivity contribution in [2.75, 3.05) is 6.61 Å². The molecule has 2 aliphatic rings. The third-order valence-electron chi connectivity index (χ3n) is 4.53. The number of rotatable bonds is 2. The van der Waals surface area contributed by atoms with Gasteiger partial charge in [0.15, 0.2) is 5.43 Å². The summed E-state index contributed by atoms with van der Waals surface area (Å²) in [7, 11) is 0. The summed E-state index contributed by atoms with van der Waals surface area (Å²) in [5.41, 5.74) is 0.849. The summed E-state index contributed by atoms with van der Waals surface area (Å²) in [5.74, 6) is -0.225. The van der Waals surface area contributed by atoms with Crippen LogP contribution in [0.1, 0.15) is 54.7 Å². The third kappa shape index (κ3) is 3.18. The minimum Gasteiger partial charge on any atom is -0.373 e. The van der Waals surface area contributed by atoms with Crippen molar-refractivity contribution >= 4 is 5.91 Å². The third-order valence-corrected chi connectivity index (χ3v) is 4.53. The van der Waals surface area contributed by atoms with Crippen molar-refractivity contribution in [3.8, 4) is 0 Å². The molecule has 2 N–H and O–H groups in total. The molecule has 21 heavy (non-hydrogen) atoms. The lowest BCUT2D eigenvalue weighted by Gasteiger charge is -2.32. The van der Waals surface area contributed by atoms with Crippen LogP contribution < -0.4 is 10.7 Å². The molecule has 1 aliphatic carbocycles. The van der Waals surface area contributed by atoms with Crippen LogP contribution in [0.25, 0.3) is 0 Å². The number of carbonyl (C=O) groups is 1. The summed E-state index contributed by atoms with van der Waals surface area (Å²) in [4.78, 5) is 26.6. The van der Waals surface area contributed by atoms with Crippen molar-refractivity contribution in [1.29, 1.82) is 0 Å². The largest absolute Gasteiger partial charge is 0.373 e. The van der Waals surface area contributed by atoms with Gasteiger partial charge >= 0.3 is 0 Å². The summed E-state index contributed by atoms with van der Waals surface area (Å²) >= 11 is 0. The highest BCUT2D eigenvalue weighted by Gasteiger charge is 2.41. The van der Waals surface area contributed by atoms with Crippen LogP contribution in [-0.2, 0) is 4.74 Å². The van der Waals surface area contributed by atoms with E-state index >= 15 is 0 Å². The van der Waals surface area contributed by atoms with Crippen molar-refractivity contribution in [1.82, 2.24) is 10.3 Å².